The van der Waals surface area contributed by atoms with Gasteiger partial charge in [-0.1, -0.05) is 12.8 Å². The second-order valence-corrected chi connectivity index (χ2v) is 2.94. The molecule has 0 aromatic rings. The third-order valence-electron chi connectivity index (χ3n) is 2.11. The minimum absolute atomic E-state index is 0.206. The van der Waals surface area contributed by atoms with E-state index in [2.05, 4.69) is 4.74 Å². The Bertz CT molecular complexity index is 147. The number of hydrogen-bond donors (Lipinski definition) is 0. The van der Waals surface area contributed by atoms with Crippen LogP contribution in [-0.4, -0.2) is 12.4 Å². The van der Waals surface area contributed by atoms with Crippen LogP contribution in [0.2, 0.25) is 0 Å². The van der Waals surface area contributed by atoms with Crippen LogP contribution in [0.15, 0.2) is 0 Å². The van der Waals surface area contributed by atoms with Crippen molar-refractivity contribution in [3.8, 4) is 0 Å². The van der Waals surface area contributed by atoms with Gasteiger partial charge in [0.2, 0.25) is 0 Å². The highest BCUT2D eigenvalue weighted by Crippen LogP contribution is 2.27. The third-order valence-corrected chi connectivity index (χ3v) is 2.11. The normalized spacial score (nSPS) is 18.2. The van der Waals surface area contributed by atoms with E-state index in [1.165, 1.54) is 12.8 Å². The zero-order valence-electron chi connectivity index (χ0n) is 6.41. The van der Waals surface area contributed by atoms with Crippen molar-refractivity contribution in [1.29, 1.82) is 0 Å². The predicted octanol–water partition coefficient (Wildman–Crippen LogP) is 1.27. The first-order valence-corrected chi connectivity index (χ1v) is 3.96. The highest BCUT2D eigenvalue weighted by Gasteiger charge is 2.18. The summed E-state index contributed by atoms with van der Waals surface area (Å²) in [5, 5.41) is 0. The molecule has 0 heterocycles. The summed E-state index contributed by atoms with van der Waals surface area (Å²) in [5.41, 5.74) is 0. The fraction of sp³-hybridized carbons (Fsp3) is 0.750. The van der Waals surface area contributed by atoms with Crippen LogP contribution in [0.25, 0.3) is 0 Å². The Hall–Kier alpha value is -0.860. The number of ether oxygens (including phenoxy) is 1. The van der Waals surface area contributed by atoms with E-state index in [0.717, 1.165) is 12.8 Å². The first-order chi connectivity index (χ1) is 5.33. The van der Waals surface area contributed by atoms with Crippen LogP contribution in [0.3, 0.4) is 0 Å². The molecule has 0 atom stereocenters. The van der Waals surface area contributed by atoms with Gasteiger partial charge in [-0.3, -0.25) is 9.59 Å². The molecule has 3 nitrogen and oxygen atoms in total. The van der Waals surface area contributed by atoms with Gasteiger partial charge in [0, 0.05) is 6.42 Å². The summed E-state index contributed by atoms with van der Waals surface area (Å²) in [5.74, 6) is 0.0781. The van der Waals surface area contributed by atoms with E-state index in [9.17, 15) is 9.59 Å². The zero-order valence-corrected chi connectivity index (χ0v) is 6.41. The van der Waals surface area contributed by atoms with Crippen LogP contribution in [0.5, 0.6) is 0 Å². The van der Waals surface area contributed by atoms with Crippen LogP contribution in [0.1, 0.15) is 32.1 Å². The lowest BCUT2D eigenvalue weighted by molar-refractivity contribution is -0.152. The van der Waals surface area contributed by atoms with E-state index in [1.807, 2.05) is 0 Å². The van der Waals surface area contributed by atoms with Gasteiger partial charge in [-0.15, -0.1) is 0 Å². The number of hydrogen-bond acceptors (Lipinski definition) is 3. The van der Waals surface area contributed by atoms with Crippen LogP contribution >= 0.6 is 0 Å². The molecule has 62 valence electrons. The number of carbonyl (C=O) groups is 2. The Labute approximate surface area is 65.7 Å². The number of rotatable bonds is 3. The number of esters is 1. The molecular weight excluding hydrogens is 144 g/mol. The van der Waals surface area contributed by atoms with Crippen molar-refractivity contribution in [1.82, 2.24) is 0 Å². The maximum Gasteiger partial charge on any atom is 0.313 e. The standard InChI is InChI=1S/C8H12O3/c9-6-11-8(10)5-7-3-1-2-4-7/h6-7H,1-5H2. The molecule has 3 heteroatoms. The molecule has 0 aromatic carbocycles. The van der Waals surface area contributed by atoms with Gasteiger partial charge in [0.15, 0.2) is 0 Å². The Morgan fingerprint density at radius 2 is 2.09 bits per heavy atom. The summed E-state index contributed by atoms with van der Waals surface area (Å²) in [7, 11) is 0. The summed E-state index contributed by atoms with van der Waals surface area (Å²) in [6.07, 6.45) is 5.04. The molecule has 0 amide bonds. The molecule has 1 saturated carbocycles. The Morgan fingerprint density at radius 3 is 2.64 bits per heavy atom. The van der Waals surface area contributed by atoms with Crippen molar-refractivity contribution >= 4 is 12.4 Å². The molecule has 0 spiro atoms. The minimum atomic E-state index is -0.383. The molecule has 0 aliphatic heterocycles. The van der Waals surface area contributed by atoms with Gasteiger partial charge in [-0.25, -0.2) is 0 Å². The molecule has 0 bridgehead atoms. The largest absolute Gasteiger partial charge is 0.395 e. The van der Waals surface area contributed by atoms with Gasteiger partial charge in [0.05, 0.1) is 0 Å². The molecule has 0 N–H and O–H groups in total. The first kappa shape index (κ1) is 8.24. The molecule has 11 heavy (non-hydrogen) atoms. The minimum Gasteiger partial charge on any atom is -0.395 e. The van der Waals surface area contributed by atoms with Gasteiger partial charge >= 0.3 is 12.4 Å². The van der Waals surface area contributed by atoms with E-state index in [0.29, 0.717) is 12.3 Å². The van der Waals surface area contributed by atoms with Crippen molar-refractivity contribution in [2.75, 3.05) is 0 Å². The van der Waals surface area contributed by atoms with Gasteiger partial charge in [0.25, 0.3) is 0 Å². The lowest BCUT2D eigenvalue weighted by atomic mass is 10.1. The van der Waals surface area contributed by atoms with E-state index in [-0.39, 0.29) is 12.4 Å². The highest BCUT2D eigenvalue weighted by molar-refractivity contribution is 5.76. The first-order valence-electron chi connectivity index (χ1n) is 3.96. The van der Waals surface area contributed by atoms with E-state index in [1.54, 1.807) is 0 Å². The second-order valence-electron chi connectivity index (χ2n) is 2.94. The summed E-state index contributed by atoms with van der Waals surface area (Å²) < 4.78 is 4.18. The maximum absolute atomic E-state index is 10.7. The van der Waals surface area contributed by atoms with Gasteiger partial charge in [-0.2, -0.15) is 0 Å². The average Bonchev–Trinajstić information content (AvgIpc) is 2.40. The monoisotopic (exact) mass is 156 g/mol. The van der Waals surface area contributed by atoms with Gasteiger partial charge in [-0.05, 0) is 18.8 Å². The van der Waals surface area contributed by atoms with Gasteiger partial charge < -0.3 is 4.74 Å². The van der Waals surface area contributed by atoms with Crippen LogP contribution in [0, 0.1) is 5.92 Å². The zero-order chi connectivity index (χ0) is 8.10. The maximum atomic E-state index is 10.7. The molecule has 1 rings (SSSR count). The van der Waals surface area contributed by atoms with Crippen LogP contribution < -0.4 is 0 Å². The predicted molar refractivity (Wildman–Crippen MR) is 38.7 cm³/mol. The summed E-state index contributed by atoms with van der Waals surface area (Å²) >= 11 is 0. The topological polar surface area (TPSA) is 43.4 Å². The van der Waals surface area contributed by atoms with Gasteiger partial charge in [0.1, 0.15) is 0 Å². The quantitative estimate of drug-likeness (QED) is 0.351. The smallest absolute Gasteiger partial charge is 0.313 e. The lowest BCUT2D eigenvalue weighted by Gasteiger charge is -2.04. The molecule has 0 unspecified atom stereocenters. The molecule has 1 fully saturated rings. The van der Waals surface area contributed by atoms with E-state index in [4.69, 9.17) is 0 Å². The summed E-state index contributed by atoms with van der Waals surface area (Å²) in [6, 6.07) is 0. The third kappa shape index (κ3) is 2.70. The average molecular weight is 156 g/mol. The SMILES string of the molecule is O=COC(=O)CC1CCCC1. The molecular formula is C8H12O3. The van der Waals surface area contributed by atoms with Crippen molar-refractivity contribution in [3.63, 3.8) is 0 Å². The van der Waals surface area contributed by atoms with Crippen LogP contribution in [-0.2, 0) is 14.3 Å². The molecule has 0 aromatic heterocycles. The molecule has 0 radical (unpaired) electrons. The Balaban J connectivity index is 2.18. The molecule has 1 aliphatic rings. The Kier molecular flexibility index (Phi) is 3.08. The van der Waals surface area contributed by atoms with Crippen molar-refractivity contribution in [2.24, 2.45) is 5.92 Å². The van der Waals surface area contributed by atoms with Crippen molar-refractivity contribution < 1.29 is 14.3 Å². The Morgan fingerprint density at radius 1 is 1.45 bits per heavy atom. The molecule has 1 aliphatic carbocycles. The van der Waals surface area contributed by atoms with Crippen molar-refractivity contribution in [3.05, 3.63) is 0 Å². The lowest BCUT2D eigenvalue weighted by Crippen LogP contribution is -2.07. The summed E-state index contributed by atoms with van der Waals surface area (Å²) in [6.45, 7) is 0.206. The van der Waals surface area contributed by atoms with E-state index < -0.39 is 0 Å². The summed E-state index contributed by atoms with van der Waals surface area (Å²) in [4.78, 5) is 20.5. The van der Waals surface area contributed by atoms with Crippen LogP contribution in [0.4, 0.5) is 0 Å². The van der Waals surface area contributed by atoms with E-state index >= 15 is 0 Å². The highest BCUT2D eigenvalue weighted by atomic mass is 16.6. The molecule has 0 saturated heterocycles. The fourth-order valence-electron chi connectivity index (χ4n) is 1.55. The fourth-order valence-corrected chi connectivity index (χ4v) is 1.55. The second kappa shape index (κ2) is 4.11. The van der Waals surface area contributed by atoms with Crippen molar-refractivity contribution in [2.45, 2.75) is 32.1 Å². The number of carbonyl (C=O) groups excluding carboxylic acids is 2.